The van der Waals surface area contributed by atoms with Crippen LogP contribution in [0.25, 0.3) is 0 Å². The number of carbonyl (C=O) groups is 1. The van der Waals surface area contributed by atoms with E-state index in [-0.39, 0.29) is 17.9 Å². The summed E-state index contributed by atoms with van der Waals surface area (Å²) in [5.74, 6) is 0.0626. The van der Waals surface area contributed by atoms with Crippen molar-refractivity contribution in [2.75, 3.05) is 7.05 Å². The monoisotopic (exact) mass is 328 g/mol. The Bertz CT molecular complexity index is 487. The van der Waals surface area contributed by atoms with Gasteiger partial charge in [-0.15, -0.1) is 0 Å². The van der Waals surface area contributed by atoms with Crippen molar-refractivity contribution in [2.45, 2.75) is 44.7 Å². The van der Waals surface area contributed by atoms with Crippen molar-refractivity contribution in [3.8, 4) is 0 Å². The Hall–Kier alpha value is -0.770. The summed E-state index contributed by atoms with van der Waals surface area (Å²) in [6.45, 7) is 0.502. The minimum Gasteiger partial charge on any atom is -0.341 e. The fourth-order valence-electron chi connectivity index (χ4n) is 2.98. The summed E-state index contributed by atoms with van der Waals surface area (Å²) in [5.41, 5.74) is 7.11. The number of nitrogens with two attached hydrogens (primary N) is 1. The van der Waals surface area contributed by atoms with Gasteiger partial charge in [-0.05, 0) is 36.6 Å². The van der Waals surface area contributed by atoms with E-state index in [1.807, 2.05) is 19.2 Å². The molecule has 0 bridgehead atoms. The van der Waals surface area contributed by atoms with E-state index in [9.17, 15) is 4.79 Å². The molecule has 2 N–H and O–H groups in total. The van der Waals surface area contributed by atoms with Crippen LogP contribution in [0.1, 0.15) is 37.7 Å². The summed E-state index contributed by atoms with van der Waals surface area (Å²) in [7, 11) is 1.81. The van der Waals surface area contributed by atoms with E-state index in [0.717, 1.165) is 31.2 Å². The van der Waals surface area contributed by atoms with Crippen molar-refractivity contribution < 1.29 is 4.79 Å². The molecule has 2 unspecified atom stereocenters. The first-order valence-electron chi connectivity index (χ1n) is 7.43. The molecular formula is C16H22Cl2N2O. The molecule has 1 aliphatic rings. The quantitative estimate of drug-likeness (QED) is 0.856. The molecule has 0 aliphatic heterocycles. The van der Waals surface area contributed by atoms with Gasteiger partial charge < -0.3 is 10.6 Å². The lowest BCUT2D eigenvalue weighted by molar-refractivity contribution is -0.135. The van der Waals surface area contributed by atoms with Crippen LogP contribution in [0.5, 0.6) is 0 Å². The normalized spacial score (nSPS) is 22.7. The lowest BCUT2D eigenvalue weighted by atomic mass is 9.94. The molecular weight excluding hydrogens is 307 g/mol. The molecule has 0 heterocycles. The van der Waals surface area contributed by atoms with E-state index in [1.165, 1.54) is 6.42 Å². The van der Waals surface area contributed by atoms with Crippen LogP contribution in [0, 0.1) is 5.92 Å². The molecule has 21 heavy (non-hydrogen) atoms. The summed E-state index contributed by atoms with van der Waals surface area (Å²) < 4.78 is 0. The predicted molar refractivity (Wildman–Crippen MR) is 87.5 cm³/mol. The van der Waals surface area contributed by atoms with Crippen molar-refractivity contribution in [3.63, 3.8) is 0 Å². The van der Waals surface area contributed by atoms with E-state index in [2.05, 4.69) is 0 Å². The second-order valence-electron chi connectivity index (χ2n) is 5.88. The van der Waals surface area contributed by atoms with Crippen LogP contribution < -0.4 is 5.73 Å². The summed E-state index contributed by atoms with van der Waals surface area (Å²) in [5, 5.41) is 1.18. The number of hydrogen-bond acceptors (Lipinski definition) is 2. The molecule has 5 heteroatoms. The topological polar surface area (TPSA) is 46.3 Å². The third-order valence-corrected chi connectivity index (χ3v) is 4.54. The van der Waals surface area contributed by atoms with Gasteiger partial charge in [-0.2, -0.15) is 0 Å². The fraction of sp³-hybridized carbons (Fsp3) is 0.562. The van der Waals surface area contributed by atoms with Gasteiger partial charge in [0.1, 0.15) is 0 Å². The second-order valence-corrected chi connectivity index (χ2v) is 6.75. The molecule has 1 aromatic carbocycles. The van der Waals surface area contributed by atoms with E-state index in [4.69, 9.17) is 28.9 Å². The van der Waals surface area contributed by atoms with Crippen molar-refractivity contribution in [1.82, 2.24) is 4.90 Å². The van der Waals surface area contributed by atoms with Crippen molar-refractivity contribution in [3.05, 3.63) is 33.8 Å². The average molecular weight is 329 g/mol. The third kappa shape index (κ3) is 4.60. The van der Waals surface area contributed by atoms with Crippen LogP contribution in [0.2, 0.25) is 10.0 Å². The second kappa shape index (κ2) is 7.48. The summed E-state index contributed by atoms with van der Waals surface area (Å²) >= 11 is 12.0. The molecule has 1 aliphatic carbocycles. The maximum atomic E-state index is 12.6. The van der Waals surface area contributed by atoms with Gasteiger partial charge in [-0.25, -0.2) is 0 Å². The largest absolute Gasteiger partial charge is 0.341 e. The average Bonchev–Trinajstić information content (AvgIpc) is 2.61. The molecule has 2 atom stereocenters. The third-order valence-electron chi connectivity index (χ3n) is 4.10. The standard InChI is InChI=1S/C16H22Cl2N2O/c1-20(10-11-7-12(17)9-13(18)8-11)16(21)14-5-3-2-4-6-15(14)19/h7-9,14-15H,2-6,10,19H2,1H3. The maximum Gasteiger partial charge on any atom is 0.227 e. The molecule has 1 fully saturated rings. The minimum atomic E-state index is -0.0628. The van der Waals surface area contributed by atoms with Crippen molar-refractivity contribution in [1.29, 1.82) is 0 Å². The SMILES string of the molecule is CN(Cc1cc(Cl)cc(Cl)c1)C(=O)C1CCCCCC1N. The Morgan fingerprint density at radius 3 is 2.48 bits per heavy atom. The first-order valence-corrected chi connectivity index (χ1v) is 8.18. The van der Waals surface area contributed by atoms with Crippen molar-refractivity contribution >= 4 is 29.1 Å². The van der Waals surface area contributed by atoms with Crippen LogP contribution >= 0.6 is 23.2 Å². The molecule has 1 amide bonds. The Morgan fingerprint density at radius 1 is 1.19 bits per heavy atom. The highest BCUT2D eigenvalue weighted by molar-refractivity contribution is 6.34. The summed E-state index contributed by atoms with van der Waals surface area (Å²) in [6, 6.07) is 5.34. The van der Waals surface area contributed by atoms with E-state index in [1.54, 1.807) is 11.0 Å². The van der Waals surface area contributed by atoms with Crippen molar-refractivity contribution in [2.24, 2.45) is 11.7 Å². The highest BCUT2D eigenvalue weighted by atomic mass is 35.5. The number of rotatable bonds is 3. The van der Waals surface area contributed by atoms with Crippen LogP contribution in [0.3, 0.4) is 0 Å². The van der Waals surface area contributed by atoms with E-state index >= 15 is 0 Å². The molecule has 2 rings (SSSR count). The Balaban J connectivity index is 2.04. The molecule has 0 radical (unpaired) electrons. The first-order chi connectivity index (χ1) is 9.97. The Kier molecular flexibility index (Phi) is 5.91. The van der Waals surface area contributed by atoms with Gasteiger partial charge in [0.05, 0.1) is 5.92 Å². The lowest BCUT2D eigenvalue weighted by Gasteiger charge is -2.26. The molecule has 0 spiro atoms. The van der Waals surface area contributed by atoms with Gasteiger partial charge in [-0.3, -0.25) is 4.79 Å². The van der Waals surface area contributed by atoms with Crippen LogP contribution in [0.4, 0.5) is 0 Å². The number of benzene rings is 1. The molecule has 0 aromatic heterocycles. The zero-order valence-electron chi connectivity index (χ0n) is 12.3. The highest BCUT2D eigenvalue weighted by Crippen LogP contribution is 2.25. The summed E-state index contributed by atoms with van der Waals surface area (Å²) in [4.78, 5) is 14.3. The zero-order valence-corrected chi connectivity index (χ0v) is 13.8. The first kappa shape index (κ1) is 16.6. The number of halogens is 2. The zero-order chi connectivity index (χ0) is 15.4. The lowest BCUT2D eigenvalue weighted by Crippen LogP contribution is -2.41. The smallest absolute Gasteiger partial charge is 0.227 e. The maximum absolute atomic E-state index is 12.6. The number of hydrogen-bond donors (Lipinski definition) is 1. The van der Waals surface area contributed by atoms with Gasteiger partial charge >= 0.3 is 0 Å². The van der Waals surface area contributed by atoms with Gasteiger partial charge in [0.25, 0.3) is 0 Å². The Labute approximate surface area is 136 Å². The molecule has 116 valence electrons. The fourth-order valence-corrected chi connectivity index (χ4v) is 3.55. The number of carbonyl (C=O) groups excluding carboxylic acids is 1. The van der Waals surface area contributed by atoms with E-state index < -0.39 is 0 Å². The van der Waals surface area contributed by atoms with Crippen LogP contribution in [-0.2, 0) is 11.3 Å². The minimum absolute atomic E-state index is 0.0228. The summed E-state index contributed by atoms with van der Waals surface area (Å²) in [6.07, 6.45) is 5.21. The molecule has 3 nitrogen and oxygen atoms in total. The van der Waals surface area contributed by atoms with E-state index in [0.29, 0.717) is 16.6 Å². The van der Waals surface area contributed by atoms with Gasteiger partial charge in [0.15, 0.2) is 0 Å². The van der Waals surface area contributed by atoms with Crippen LogP contribution in [-0.4, -0.2) is 23.9 Å². The van der Waals surface area contributed by atoms with Crippen LogP contribution in [0.15, 0.2) is 18.2 Å². The van der Waals surface area contributed by atoms with Gasteiger partial charge in [0.2, 0.25) is 5.91 Å². The highest BCUT2D eigenvalue weighted by Gasteiger charge is 2.29. The number of nitrogens with zero attached hydrogens (tertiary/aromatic N) is 1. The molecule has 1 aromatic rings. The predicted octanol–water partition coefficient (Wildman–Crippen LogP) is 3.86. The molecule has 0 saturated heterocycles. The Morgan fingerprint density at radius 2 is 1.81 bits per heavy atom. The number of amides is 1. The van der Waals surface area contributed by atoms with Gasteiger partial charge in [-0.1, -0.05) is 42.5 Å². The molecule has 1 saturated carbocycles. The van der Waals surface area contributed by atoms with Gasteiger partial charge in [0, 0.05) is 29.7 Å².